The lowest BCUT2D eigenvalue weighted by Gasteiger charge is -2.25. The third kappa shape index (κ3) is 2.47. The molecule has 0 amide bonds. The summed E-state index contributed by atoms with van der Waals surface area (Å²) in [6.45, 7) is 4.89. The molecule has 1 aromatic heterocycles. The van der Waals surface area contributed by atoms with Crippen molar-refractivity contribution in [1.29, 1.82) is 0 Å². The van der Waals surface area contributed by atoms with Crippen LogP contribution in [0.25, 0.3) is 0 Å². The van der Waals surface area contributed by atoms with Crippen LogP contribution in [0.5, 0.6) is 0 Å². The summed E-state index contributed by atoms with van der Waals surface area (Å²) in [6, 6.07) is 8.79. The predicted octanol–water partition coefficient (Wildman–Crippen LogP) is 3.13. The van der Waals surface area contributed by atoms with Gasteiger partial charge in [-0.3, -0.25) is 0 Å². The molecule has 0 unspecified atom stereocenters. The lowest BCUT2D eigenvalue weighted by Crippen LogP contribution is -2.28. The fraction of sp³-hybridized carbons (Fsp3) is 0.286. The van der Waals surface area contributed by atoms with Gasteiger partial charge in [0.25, 0.3) is 0 Å². The molecule has 0 atom stereocenters. The van der Waals surface area contributed by atoms with E-state index in [-0.39, 0.29) is 11.1 Å². The lowest BCUT2D eigenvalue weighted by molar-refractivity contribution is 0.541. The van der Waals surface area contributed by atoms with E-state index in [0.29, 0.717) is 12.2 Å². The third-order valence-electron chi connectivity index (χ3n) is 3.10. The first-order valence-corrected chi connectivity index (χ1v) is 5.92. The van der Waals surface area contributed by atoms with Crippen LogP contribution < -0.4 is 11.1 Å². The van der Waals surface area contributed by atoms with Gasteiger partial charge in [0.2, 0.25) is 0 Å². The minimum atomic E-state index is -0.391. The van der Waals surface area contributed by atoms with Crippen LogP contribution in [-0.4, -0.2) is 11.5 Å². The van der Waals surface area contributed by atoms with Crippen molar-refractivity contribution in [2.45, 2.75) is 19.3 Å². The highest BCUT2D eigenvalue weighted by atomic mass is 19.1. The number of aromatic amines is 1. The van der Waals surface area contributed by atoms with Crippen molar-refractivity contribution in [2.24, 2.45) is 0 Å². The molecule has 4 heteroatoms. The van der Waals surface area contributed by atoms with Crippen molar-refractivity contribution < 1.29 is 4.39 Å². The summed E-state index contributed by atoms with van der Waals surface area (Å²) in [4.78, 5) is 3.19. The first-order chi connectivity index (χ1) is 8.50. The van der Waals surface area contributed by atoms with Gasteiger partial charge in [-0.2, -0.15) is 0 Å². The predicted molar refractivity (Wildman–Crippen MR) is 73.1 cm³/mol. The average Bonchev–Trinajstić information content (AvgIpc) is 2.85. The van der Waals surface area contributed by atoms with Crippen LogP contribution in [0.3, 0.4) is 0 Å². The number of halogens is 1. The van der Waals surface area contributed by atoms with Gasteiger partial charge in [-0.15, -0.1) is 0 Å². The highest BCUT2D eigenvalue weighted by Crippen LogP contribution is 2.25. The molecule has 96 valence electrons. The Morgan fingerprint density at radius 3 is 2.72 bits per heavy atom. The zero-order valence-corrected chi connectivity index (χ0v) is 10.6. The number of hydrogen-bond acceptors (Lipinski definition) is 2. The van der Waals surface area contributed by atoms with Crippen molar-refractivity contribution in [3.05, 3.63) is 48.0 Å². The molecule has 0 fully saturated rings. The van der Waals surface area contributed by atoms with E-state index in [1.165, 1.54) is 6.07 Å². The van der Waals surface area contributed by atoms with Gasteiger partial charge in [-0.05, 0) is 24.3 Å². The molecule has 0 spiro atoms. The third-order valence-corrected chi connectivity index (χ3v) is 3.10. The van der Waals surface area contributed by atoms with E-state index in [1.54, 1.807) is 12.1 Å². The minimum Gasteiger partial charge on any atom is -0.395 e. The Kier molecular flexibility index (Phi) is 3.28. The summed E-state index contributed by atoms with van der Waals surface area (Å²) >= 11 is 0. The van der Waals surface area contributed by atoms with Crippen LogP contribution in [0, 0.1) is 5.82 Å². The Balaban J connectivity index is 2.10. The van der Waals surface area contributed by atoms with E-state index in [4.69, 9.17) is 5.73 Å². The molecule has 0 aliphatic carbocycles. The van der Waals surface area contributed by atoms with Gasteiger partial charge in [0.05, 0.1) is 11.4 Å². The van der Waals surface area contributed by atoms with E-state index >= 15 is 0 Å². The van der Waals surface area contributed by atoms with Gasteiger partial charge in [0, 0.05) is 23.9 Å². The molecule has 2 rings (SSSR count). The number of H-pyrrole nitrogens is 1. The van der Waals surface area contributed by atoms with Gasteiger partial charge in [-0.25, -0.2) is 4.39 Å². The van der Waals surface area contributed by atoms with Gasteiger partial charge >= 0.3 is 0 Å². The topological polar surface area (TPSA) is 53.8 Å². The fourth-order valence-corrected chi connectivity index (χ4v) is 1.85. The number of benzene rings is 1. The smallest absolute Gasteiger partial charge is 0.148 e. The SMILES string of the molecule is CC(C)(CNc1cccc(F)c1N)c1ccc[nH]1. The zero-order valence-electron chi connectivity index (χ0n) is 10.6. The van der Waals surface area contributed by atoms with Crippen molar-refractivity contribution in [3.63, 3.8) is 0 Å². The molecule has 1 aromatic carbocycles. The van der Waals surface area contributed by atoms with Crippen LogP contribution in [0.1, 0.15) is 19.5 Å². The summed E-state index contributed by atoms with van der Waals surface area (Å²) in [6.07, 6.45) is 1.90. The first kappa shape index (κ1) is 12.5. The number of nitrogens with one attached hydrogen (secondary N) is 2. The monoisotopic (exact) mass is 247 g/mol. The quantitative estimate of drug-likeness (QED) is 0.727. The molecule has 0 radical (unpaired) electrons. The molecule has 3 nitrogen and oxygen atoms in total. The van der Waals surface area contributed by atoms with Crippen molar-refractivity contribution in [1.82, 2.24) is 4.98 Å². The number of anilines is 2. The minimum absolute atomic E-state index is 0.0811. The van der Waals surface area contributed by atoms with Crippen LogP contribution in [0.4, 0.5) is 15.8 Å². The standard InChI is InChI=1S/C14H18FN3/c1-14(2,12-7-4-8-17-12)9-18-11-6-3-5-10(15)13(11)16/h3-8,17-18H,9,16H2,1-2H3. The van der Waals surface area contributed by atoms with Crippen molar-refractivity contribution in [2.75, 3.05) is 17.6 Å². The second-order valence-electron chi connectivity index (χ2n) is 5.02. The highest BCUT2D eigenvalue weighted by molar-refractivity contribution is 5.66. The second-order valence-corrected chi connectivity index (χ2v) is 5.02. The van der Waals surface area contributed by atoms with Gasteiger partial charge in [0.15, 0.2) is 0 Å². The van der Waals surface area contributed by atoms with E-state index < -0.39 is 5.82 Å². The normalized spacial score (nSPS) is 11.5. The lowest BCUT2D eigenvalue weighted by atomic mass is 9.89. The maximum Gasteiger partial charge on any atom is 0.148 e. The van der Waals surface area contributed by atoms with Gasteiger partial charge in [0.1, 0.15) is 5.82 Å². The Morgan fingerprint density at radius 1 is 1.28 bits per heavy atom. The van der Waals surface area contributed by atoms with Crippen LogP contribution in [-0.2, 0) is 5.41 Å². The second kappa shape index (κ2) is 4.72. The largest absolute Gasteiger partial charge is 0.395 e. The van der Waals surface area contributed by atoms with Crippen LogP contribution in [0.2, 0.25) is 0 Å². The van der Waals surface area contributed by atoms with Gasteiger partial charge < -0.3 is 16.0 Å². The van der Waals surface area contributed by atoms with E-state index in [0.717, 1.165) is 5.69 Å². The molecule has 0 aliphatic heterocycles. The Labute approximate surface area is 106 Å². The zero-order chi connectivity index (χ0) is 13.2. The molecule has 18 heavy (non-hydrogen) atoms. The van der Waals surface area contributed by atoms with E-state index in [9.17, 15) is 4.39 Å². The van der Waals surface area contributed by atoms with Crippen molar-refractivity contribution >= 4 is 11.4 Å². The Bertz CT molecular complexity index is 518. The summed E-state index contributed by atoms with van der Waals surface area (Å²) < 4.78 is 13.3. The molecule has 2 aromatic rings. The van der Waals surface area contributed by atoms with Crippen LogP contribution >= 0.6 is 0 Å². The highest BCUT2D eigenvalue weighted by Gasteiger charge is 2.21. The molecule has 1 heterocycles. The molecular weight excluding hydrogens is 229 g/mol. The maximum absolute atomic E-state index is 13.3. The molecular formula is C14H18FN3. The van der Waals surface area contributed by atoms with E-state index in [2.05, 4.69) is 24.1 Å². The summed E-state index contributed by atoms with van der Waals surface area (Å²) in [5, 5.41) is 3.20. The summed E-state index contributed by atoms with van der Waals surface area (Å²) in [7, 11) is 0. The number of nitrogens with two attached hydrogens (primary N) is 1. The number of para-hydroxylation sites is 1. The molecule has 0 saturated heterocycles. The number of aromatic nitrogens is 1. The molecule has 0 saturated carbocycles. The molecule has 0 aliphatic rings. The number of nitrogen functional groups attached to an aromatic ring is 1. The van der Waals surface area contributed by atoms with Crippen LogP contribution in [0.15, 0.2) is 36.5 Å². The first-order valence-electron chi connectivity index (χ1n) is 5.92. The Hall–Kier alpha value is -1.97. The average molecular weight is 247 g/mol. The molecule has 4 N–H and O–H groups in total. The Morgan fingerprint density at radius 2 is 2.06 bits per heavy atom. The van der Waals surface area contributed by atoms with E-state index in [1.807, 2.05) is 18.3 Å². The van der Waals surface area contributed by atoms with Crippen molar-refractivity contribution in [3.8, 4) is 0 Å². The van der Waals surface area contributed by atoms with Gasteiger partial charge in [-0.1, -0.05) is 19.9 Å². The number of hydrogen-bond donors (Lipinski definition) is 3. The molecule has 0 bridgehead atoms. The maximum atomic E-state index is 13.3. The fourth-order valence-electron chi connectivity index (χ4n) is 1.85. The number of rotatable bonds is 4. The summed E-state index contributed by atoms with van der Waals surface area (Å²) in [5.41, 5.74) is 7.53. The summed E-state index contributed by atoms with van der Waals surface area (Å²) in [5.74, 6) is -0.391.